The predicted octanol–water partition coefficient (Wildman–Crippen LogP) is 5.21. The Morgan fingerprint density at radius 2 is 1.81 bits per heavy atom. The minimum Gasteiger partial charge on any atom is -0.464 e. The number of esters is 1. The van der Waals surface area contributed by atoms with E-state index >= 15 is 0 Å². The van der Waals surface area contributed by atoms with Gasteiger partial charge in [0, 0.05) is 22.4 Å². The lowest BCUT2D eigenvalue weighted by atomic mass is 9.94. The second-order valence-corrected chi connectivity index (χ2v) is 8.47. The first kappa shape index (κ1) is 25.2. The number of carbonyl (C=O) groups excluding carboxylic acids is 2. The SMILES string of the molecule is CCC(=O)c1c(-c2ccccc2)c2cc(Cl)ccc2c(=O)n1Cc1cc(C(=O)OC)n(CC(F)F)n1. The maximum atomic E-state index is 13.6. The quantitative estimate of drug-likeness (QED) is 0.238. The van der Waals surface area contributed by atoms with Gasteiger partial charge in [0.1, 0.15) is 12.2 Å². The van der Waals surface area contributed by atoms with E-state index in [-0.39, 0.29) is 35.8 Å². The molecular weight excluding hydrogens is 492 g/mol. The Labute approximate surface area is 209 Å². The zero-order valence-electron chi connectivity index (χ0n) is 19.5. The van der Waals surface area contributed by atoms with Gasteiger partial charge in [0.25, 0.3) is 12.0 Å². The molecule has 2 aromatic heterocycles. The van der Waals surface area contributed by atoms with Gasteiger partial charge < -0.3 is 4.74 Å². The third-order valence-corrected chi connectivity index (χ3v) is 5.97. The van der Waals surface area contributed by atoms with Gasteiger partial charge in [0.05, 0.1) is 25.0 Å². The van der Waals surface area contributed by atoms with Crippen LogP contribution in [0, 0.1) is 0 Å². The summed E-state index contributed by atoms with van der Waals surface area (Å²) in [6, 6.07) is 15.2. The molecule has 0 N–H and O–H groups in total. The monoisotopic (exact) mass is 513 g/mol. The van der Waals surface area contributed by atoms with Gasteiger partial charge in [-0.25, -0.2) is 13.6 Å². The number of ketones is 1. The second kappa shape index (κ2) is 10.4. The third-order valence-electron chi connectivity index (χ3n) is 5.74. The van der Waals surface area contributed by atoms with Crippen LogP contribution in [0.1, 0.15) is 40.0 Å². The first-order valence-electron chi connectivity index (χ1n) is 11.1. The first-order chi connectivity index (χ1) is 17.2. The smallest absolute Gasteiger partial charge is 0.356 e. The standard InChI is InChI=1S/C26H22ClF2N3O4/c1-3-21(33)24-23(15-7-5-4-6-8-15)19-11-16(27)9-10-18(19)25(34)31(24)13-17-12-20(26(35)36-2)32(30-17)14-22(28)29/h4-12,22H,3,13-14H2,1-2H3. The summed E-state index contributed by atoms with van der Waals surface area (Å²) in [6.07, 6.45) is -2.66. The minimum atomic E-state index is -2.77. The molecule has 36 heavy (non-hydrogen) atoms. The molecule has 0 bridgehead atoms. The number of hydrogen-bond donors (Lipinski definition) is 0. The van der Waals surface area contributed by atoms with Gasteiger partial charge in [-0.2, -0.15) is 5.10 Å². The summed E-state index contributed by atoms with van der Waals surface area (Å²) in [7, 11) is 1.13. The fraction of sp³-hybridized carbons (Fsp3) is 0.231. The van der Waals surface area contributed by atoms with E-state index in [0.29, 0.717) is 26.9 Å². The number of halogens is 3. The highest BCUT2D eigenvalue weighted by Crippen LogP contribution is 2.33. The number of benzene rings is 2. The average molecular weight is 514 g/mol. The summed E-state index contributed by atoms with van der Waals surface area (Å²) < 4.78 is 33.0. The molecule has 10 heteroatoms. The Balaban J connectivity index is 2.02. The molecule has 2 aromatic carbocycles. The largest absolute Gasteiger partial charge is 0.464 e. The van der Waals surface area contributed by atoms with Gasteiger partial charge in [0.2, 0.25) is 0 Å². The molecule has 0 saturated carbocycles. The molecule has 0 unspecified atom stereocenters. The van der Waals surface area contributed by atoms with Crippen LogP contribution in [0.2, 0.25) is 5.02 Å². The van der Waals surface area contributed by atoms with Crippen molar-refractivity contribution in [3.63, 3.8) is 0 Å². The molecular formula is C26H22ClF2N3O4. The number of pyridine rings is 1. The number of fused-ring (bicyclic) bond motifs is 1. The number of ether oxygens (including phenoxy) is 1. The fourth-order valence-corrected chi connectivity index (χ4v) is 4.34. The minimum absolute atomic E-state index is 0.110. The van der Waals surface area contributed by atoms with Crippen LogP contribution in [0.15, 0.2) is 59.4 Å². The van der Waals surface area contributed by atoms with Crippen LogP contribution in [-0.4, -0.2) is 39.6 Å². The van der Waals surface area contributed by atoms with Gasteiger partial charge in [-0.15, -0.1) is 0 Å². The maximum absolute atomic E-state index is 13.6. The molecule has 2 heterocycles. The van der Waals surface area contributed by atoms with E-state index in [1.165, 1.54) is 10.6 Å². The molecule has 0 fully saturated rings. The zero-order chi connectivity index (χ0) is 26.0. The van der Waals surface area contributed by atoms with Crippen LogP contribution in [0.4, 0.5) is 8.78 Å². The Bertz CT molecular complexity index is 1510. The Morgan fingerprint density at radius 1 is 1.08 bits per heavy atom. The number of aromatic nitrogens is 3. The molecule has 0 amide bonds. The molecule has 7 nitrogen and oxygen atoms in total. The van der Waals surface area contributed by atoms with Crippen molar-refractivity contribution in [3.05, 3.63) is 87.1 Å². The van der Waals surface area contributed by atoms with Crippen LogP contribution in [0.25, 0.3) is 21.9 Å². The van der Waals surface area contributed by atoms with Gasteiger partial charge in [-0.3, -0.25) is 18.8 Å². The van der Waals surface area contributed by atoms with Crippen molar-refractivity contribution in [2.75, 3.05) is 7.11 Å². The van der Waals surface area contributed by atoms with Crippen LogP contribution in [-0.2, 0) is 17.8 Å². The number of Topliss-reactive ketones (excluding diaryl/α,β-unsaturated/α-hetero) is 1. The van der Waals surface area contributed by atoms with Gasteiger partial charge in [-0.05, 0) is 35.2 Å². The molecule has 0 atom stereocenters. The topological polar surface area (TPSA) is 83.2 Å². The van der Waals surface area contributed by atoms with Crippen molar-refractivity contribution in [2.45, 2.75) is 32.9 Å². The van der Waals surface area contributed by atoms with E-state index in [1.807, 2.05) is 30.3 Å². The summed E-state index contributed by atoms with van der Waals surface area (Å²) in [6.45, 7) is 0.630. The highest BCUT2D eigenvalue weighted by atomic mass is 35.5. The van der Waals surface area contributed by atoms with Gasteiger partial charge in [0.15, 0.2) is 5.78 Å². The lowest BCUT2D eigenvalue weighted by Gasteiger charge is -2.19. The normalized spacial score (nSPS) is 11.3. The molecule has 0 aliphatic carbocycles. The van der Waals surface area contributed by atoms with Crippen molar-refractivity contribution < 1.29 is 23.1 Å². The Hall–Kier alpha value is -3.85. The molecule has 0 radical (unpaired) electrons. The van der Waals surface area contributed by atoms with E-state index in [2.05, 4.69) is 5.10 Å². The third kappa shape index (κ3) is 4.79. The molecule has 0 aliphatic rings. The average Bonchev–Trinajstić information content (AvgIpc) is 3.26. The summed E-state index contributed by atoms with van der Waals surface area (Å²) in [5.74, 6) is -1.14. The summed E-state index contributed by atoms with van der Waals surface area (Å²) in [5, 5.41) is 5.37. The van der Waals surface area contributed by atoms with Crippen LogP contribution in [0.3, 0.4) is 0 Å². The molecule has 0 saturated heterocycles. The highest BCUT2D eigenvalue weighted by molar-refractivity contribution is 6.31. The van der Waals surface area contributed by atoms with E-state index in [0.717, 1.165) is 11.8 Å². The number of rotatable bonds is 8. The summed E-state index contributed by atoms with van der Waals surface area (Å²) in [4.78, 5) is 39.1. The van der Waals surface area contributed by atoms with Crippen molar-refractivity contribution in [1.82, 2.24) is 14.3 Å². The predicted molar refractivity (Wildman–Crippen MR) is 132 cm³/mol. The van der Waals surface area contributed by atoms with E-state index < -0.39 is 24.5 Å². The highest BCUT2D eigenvalue weighted by Gasteiger charge is 2.25. The van der Waals surface area contributed by atoms with Crippen molar-refractivity contribution in [3.8, 4) is 11.1 Å². The number of methoxy groups -OCH3 is 1. The van der Waals surface area contributed by atoms with E-state index in [9.17, 15) is 23.2 Å². The first-order valence-corrected chi connectivity index (χ1v) is 11.5. The maximum Gasteiger partial charge on any atom is 0.356 e. The molecule has 4 rings (SSSR count). The van der Waals surface area contributed by atoms with Crippen LogP contribution in [0.5, 0.6) is 0 Å². The Morgan fingerprint density at radius 3 is 2.44 bits per heavy atom. The van der Waals surface area contributed by atoms with Crippen LogP contribution < -0.4 is 5.56 Å². The fourth-order valence-electron chi connectivity index (χ4n) is 4.17. The van der Waals surface area contributed by atoms with Crippen molar-refractivity contribution >= 4 is 34.1 Å². The van der Waals surface area contributed by atoms with Gasteiger partial charge in [-0.1, -0.05) is 48.9 Å². The summed E-state index contributed by atoms with van der Waals surface area (Å²) >= 11 is 6.26. The molecule has 4 aromatic rings. The summed E-state index contributed by atoms with van der Waals surface area (Å²) in [5.41, 5.74) is 0.872. The van der Waals surface area contributed by atoms with E-state index in [1.54, 1.807) is 25.1 Å². The molecule has 186 valence electrons. The van der Waals surface area contributed by atoms with Crippen molar-refractivity contribution in [1.29, 1.82) is 0 Å². The molecule has 0 spiro atoms. The number of carbonyl (C=O) groups is 2. The lowest BCUT2D eigenvalue weighted by molar-refractivity contribution is 0.0576. The zero-order valence-corrected chi connectivity index (χ0v) is 20.3. The molecule has 0 aliphatic heterocycles. The lowest BCUT2D eigenvalue weighted by Crippen LogP contribution is -2.28. The number of hydrogen-bond acceptors (Lipinski definition) is 5. The van der Waals surface area contributed by atoms with Crippen LogP contribution >= 0.6 is 11.6 Å². The van der Waals surface area contributed by atoms with Crippen molar-refractivity contribution in [2.24, 2.45) is 0 Å². The van der Waals surface area contributed by atoms with Gasteiger partial charge >= 0.3 is 5.97 Å². The van der Waals surface area contributed by atoms with E-state index in [4.69, 9.17) is 16.3 Å². The second-order valence-electron chi connectivity index (χ2n) is 8.03. The Kier molecular flexibility index (Phi) is 7.30. The number of nitrogens with zero attached hydrogens (tertiary/aromatic N) is 3. The number of alkyl halides is 2.